The average molecular weight is 173 g/mol. The first-order valence-electron chi connectivity index (χ1n) is 4.30. The van der Waals surface area contributed by atoms with E-state index < -0.39 is 0 Å². The van der Waals surface area contributed by atoms with E-state index >= 15 is 0 Å². The van der Waals surface area contributed by atoms with Gasteiger partial charge in [0.05, 0.1) is 6.20 Å². The quantitative estimate of drug-likeness (QED) is 0.697. The van der Waals surface area contributed by atoms with Crippen molar-refractivity contribution in [3.8, 4) is 0 Å². The highest BCUT2D eigenvalue weighted by Gasteiger charge is 2.00. The Morgan fingerprint density at radius 3 is 2.62 bits per heavy atom. The predicted molar refractivity (Wildman–Crippen MR) is 50.5 cm³/mol. The molecule has 0 spiro atoms. The summed E-state index contributed by atoms with van der Waals surface area (Å²) in [4.78, 5) is 4.05. The molecule has 0 aliphatic rings. The lowest BCUT2D eigenvalue weighted by Gasteiger charge is -1.95. The zero-order valence-corrected chi connectivity index (χ0v) is 7.53. The van der Waals surface area contributed by atoms with Crippen LogP contribution in [0.25, 0.3) is 0 Å². The third kappa shape index (κ3) is 1.96. The van der Waals surface area contributed by atoms with Crippen molar-refractivity contribution in [3.63, 3.8) is 0 Å². The minimum atomic E-state index is 0.728. The van der Waals surface area contributed by atoms with Gasteiger partial charge in [0.1, 0.15) is 5.76 Å². The molecule has 13 heavy (non-hydrogen) atoms. The van der Waals surface area contributed by atoms with Crippen molar-refractivity contribution < 1.29 is 4.42 Å². The number of aromatic nitrogens is 1. The summed E-state index contributed by atoms with van der Waals surface area (Å²) < 4.78 is 5.38. The second-order valence-corrected chi connectivity index (χ2v) is 3.01. The lowest BCUT2D eigenvalue weighted by Crippen LogP contribution is -1.83. The van der Waals surface area contributed by atoms with Gasteiger partial charge in [0.15, 0.2) is 5.89 Å². The van der Waals surface area contributed by atoms with Gasteiger partial charge in [-0.2, -0.15) is 0 Å². The van der Waals surface area contributed by atoms with Crippen molar-refractivity contribution in [2.24, 2.45) is 0 Å². The molecule has 0 aliphatic heterocycles. The summed E-state index contributed by atoms with van der Waals surface area (Å²) in [6, 6.07) is 10.2. The fraction of sp³-hybridized carbons (Fsp3) is 0.182. The number of oxazole rings is 1. The van der Waals surface area contributed by atoms with Crippen molar-refractivity contribution in [1.82, 2.24) is 4.98 Å². The van der Waals surface area contributed by atoms with Crippen LogP contribution in [-0.4, -0.2) is 4.98 Å². The lowest BCUT2D eigenvalue weighted by atomic mass is 10.1. The fourth-order valence-electron chi connectivity index (χ4n) is 1.28. The topological polar surface area (TPSA) is 26.0 Å². The van der Waals surface area contributed by atoms with Crippen LogP contribution in [0.1, 0.15) is 17.2 Å². The molecule has 2 heteroatoms. The van der Waals surface area contributed by atoms with Gasteiger partial charge in [-0.15, -0.1) is 0 Å². The number of benzene rings is 1. The van der Waals surface area contributed by atoms with Crippen LogP contribution >= 0.6 is 0 Å². The van der Waals surface area contributed by atoms with Crippen LogP contribution in [0.3, 0.4) is 0 Å². The van der Waals surface area contributed by atoms with Crippen LogP contribution in [0.2, 0.25) is 0 Å². The molecule has 0 radical (unpaired) electrons. The van der Waals surface area contributed by atoms with Gasteiger partial charge < -0.3 is 4.42 Å². The van der Waals surface area contributed by atoms with Gasteiger partial charge in [-0.1, -0.05) is 30.3 Å². The van der Waals surface area contributed by atoms with E-state index in [0.717, 1.165) is 18.1 Å². The molecule has 1 aromatic heterocycles. The molecular weight excluding hydrogens is 162 g/mol. The summed E-state index contributed by atoms with van der Waals surface area (Å²) in [5.41, 5.74) is 1.25. The van der Waals surface area contributed by atoms with Crippen LogP contribution < -0.4 is 0 Å². The smallest absolute Gasteiger partial charge is 0.191 e. The standard InChI is InChI=1S/C11H11NO/c1-9-12-8-11(13-9)7-10-5-3-2-4-6-10/h2-6,8H,7H2,1H3. The second-order valence-electron chi connectivity index (χ2n) is 3.01. The molecule has 66 valence electrons. The first kappa shape index (κ1) is 8.05. The van der Waals surface area contributed by atoms with Gasteiger partial charge in [-0.25, -0.2) is 4.98 Å². The Labute approximate surface area is 77.2 Å². The van der Waals surface area contributed by atoms with E-state index in [1.165, 1.54) is 5.56 Å². The molecule has 0 saturated carbocycles. The number of rotatable bonds is 2. The van der Waals surface area contributed by atoms with Gasteiger partial charge in [0, 0.05) is 13.3 Å². The molecule has 0 unspecified atom stereocenters. The van der Waals surface area contributed by atoms with Crippen molar-refractivity contribution >= 4 is 0 Å². The van der Waals surface area contributed by atoms with E-state index in [2.05, 4.69) is 17.1 Å². The van der Waals surface area contributed by atoms with Gasteiger partial charge in [0.25, 0.3) is 0 Å². The third-order valence-corrected chi connectivity index (χ3v) is 1.89. The minimum Gasteiger partial charge on any atom is -0.446 e. The molecule has 0 amide bonds. The minimum absolute atomic E-state index is 0.728. The monoisotopic (exact) mass is 173 g/mol. The Morgan fingerprint density at radius 2 is 2.00 bits per heavy atom. The van der Waals surface area contributed by atoms with Crippen LogP contribution in [0.15, 0.2) is 40.9 Å². The summed E-state index contributed by atoms with van der Waals surface area (Å²) in [5, 5.41) is 0. The van der Waals surface area contributed by atoms with Crippen LogP contribution in [0.4, 0.5) is 0 Å². The molecule has 0 atom stereocenters. The zero-order valence-electron chi connectivity index (χ0n) is 7.53. The molecule has 1 heterocycles. The Morgan fingerprint density at radius 1 is 1.23 bits per heavy atom. The van der Waals surface area contributed by atoms with Crippen molar-refractivity contribution in [2.75, 3.05) is 0 Å². The summed E-state index contributed by atoms with van der Waals surface area (Å²) in [5.74, 6) is 1.65. The SMILES string of the molecule is Cc1ncc(Cc2ccccc2)o1. The lowest BCUT2D eigenvalue weighted by molar-refractivity contribution is 0.483. The van der Waals surface area contributed by atoms with E-state index in [-0.39, 0.29) is 0 Å². The molecule has 0 fully saturated rings. The normalized spacial score (nSPS) is 10.2. The van der Waals surface area contributed by atoms with Crippen LogP contribution in [0, 0.1) is 6.92 Å². The summed E-state index contributed by atoms with van der Waals surface area (Å²) in [6.45, 7) is 1.86. The Kier molecular flexibility index (Phi) is 2.13. The maximum atomic E-state index is 5.38. The maximum Gasteiger partial charge on any atom is 0.191 e. The molecule has 2 nitrogen and oxygen atoms in total. The van der Waals surface area contributed by atoms with E-state index in [4.69, 9.17) is 4.42 Å². The highest BCUT2D eigenvalue weighted by molar-refractivity contribution is 5.19. The fourth-order valence-corrected chi connectivity index (χ4v) is 1.28. The van der Waals surface area contributed by atoms with Gasteiger partial charge in [0.2, 0.25) is 0 Å². The molecule has 0 saturated heterocycles. The number of nitrogens with zero attached hydrogens (tertiary/aromatic N) is 1. The highest BCUT2D eigenvalue weighted by Crippen LogP contribution is 2.09. The first-order chi connectivity index (χ1) is 6.34. The van der Waals surface area contributed by atoms with Gasteiger partial charge in [-0.3, -0.25) is 0 Å². The zero-order chi connectivity index (χ0) is 9.10. The summed E-state index contributed by atoms with van der Waals surface area (Å²) >= 11 is 0. The summed E-state index contributed by atoms with van der Waals surface area (Å²) in [7, 11) is 0. The first-order valence-corrected chi connectivity index (χ1v) is 4.30. The van der Waals surface area contributed by atoms with E-state index in [1.807, 2.05) is 25.1 Å². The van der Waals surface area contributed by atoms with E-state index in [9.17, 15) is 0 Å². The Hall–Kier alpha value is -1.57. The molecule has 0 N–H and O–H groups in total. The van der Waals surface area contributed by atoms with Gasteiger partial charge in [-0.05, 0) is 5.56 Å². The van der Waals surface area contributed by atoms with Crippen molar-refractivity contribution in [1.29, 1.82) is 0 Å². The molecule has 2 rings (SSSR count). The molecule has 1 aromatic carbocycles. The number of aryl methyl sites for hydroxylation is 1. The van der Waals surface area contributed by atoms with Gasteiger partial charge >= 0.3 is 0 Å². The highest BCUT2D eigenvalue weighted by atomic mass is 16.3. The molecule has 2 aromatic rings. The van der Waals surface area contributed by atoms with Crippen molar-refractivity contribution in [2.45, 2.75) is 13.3 Å². The Balaban J connectivity index is 2.15. The van der Waals surface area contributed by atoms with E-state index in [1.54, 1.807) is 6.20 Å². The molecular formula is C11H11NO. The second kappa shape index (κ2) is 3.44. The Bertz CT molecular complexity index is 378. The van der Waals surface area contributed by atoms with Crippen LogP contribution in [-0.2, 0) is 6.42 Å². The van der Waals surface area contributed by atoms with E-state index in [0.29, 0.717) is 0 Å². The predicted octanol–water partition coefficient (Wildman–Crippen LogP) is 2.57. The number of hydrogen-bond acceptors (Lipinski definition) is 2. The maximum absolute atomic E-state index is 5.38. The number of hydrogen-bond donors (Lipinski definition) is 0. The largest absolute Gasteiger partial charge is 0.446 e. The third-order valence-electron chi connectivity index (χ3n) is 1.89. The molecule has 0 bridgehead atoms. The average Bonchev–Trinajstić information content (AvgIpc) is 2.53. The summed E-state index contributed by atoms with van der Waals surface area (Å²) in [6.07, 6.45) is 2.60. The van der Waals surface area contributed by atoms with Crippen LogP contribution in [0.5, 0.6) is 0 Å². The van der Waals surface area contributed by atoms with Crippen molar-refractivity contribution in [3.05, 3.63) is 53.7 Å². The molecule has 0 aliphatic carbocycles.